The predicted molar refractivity (Wildman–Crippen MR) is 118 cm³/mol. The van der Waals surface area contributed by atoms with E-state index in [0.29, 0.717) is 41.3 Å². The van der Waals surface area contributed by atoms with Gasteiger partial charge in [-0.15, -0.1) is 0 Å². The lowest BCUT2D eigenvalue weighted by atomic mass is 10.1. The number of nitrogens with one attached hydrogen (secondary N) is 1. The molecule has 1 aliphatic heterocycles. The first-order valence-corrected chi connectivity index (χ1v) is 10.7. The summed E-state index contributed by atoms with van der Waals surface area (Å²) in [6, 6.07) is 3.51. The van der Waals surface area contributed by atoms with E-state index in [1.807, 2.05) is 6.92 Å². The molecule has 0 spiro atoms. The Bertz CT molecular complexity index is 1060. The molecule has 1 aromatic carbocycles. The number of nitrogens with two attached hydrogens (primary N) is 1. The minimum absolute atomic E-state index is 0.00589. The largest absolute Gasteiger partial charge is 0.486 e. The highest BCUT2D eigenvalue weighted by Gasteiger charge is 2.24. The van der Waals surface area contributed by atoms with Crippen LogP contribution in [0.1, 0.15) is 32.3 Å². The molecule has 162 valence electrons. The van der Waals surface area contributed by atoms with Crippen LogP contribution < -0.4 is 31.4 Å². The number of fused-ring (bicyclic) bond motifs is 1. The van der Waals surface area contributed by atoms with E-state index in [1.54, 1.807) is 19.1 Å². The highest BCUT2D eigenvalue weighted by Crippen LogP contribution is 2.36. The van der Waals surface area contributed by atoms with Crippen LogP contribution in [0.4, 0.5) is 11.5 Å². The van der Waals surface area contributed by atoms with Gasteiger partial charge in [0.2, 0.25) is 5.91 Å². The van der Waals surface area contributed by atoms with Crippen LogP contribution in [0.5, 0.6) is 11.5 Å². The number of hydrogen-bond donors (Lipinski definition) is 2. The number of rotatable bonds is 7. The zero-order chi connectivity index (χ0) is 21.8. The molecule has 3 rings (SSSR count). The minimum atomic E-state index is -0.679. The highest BCUT2D eigenvalue weighted by atomic mass is 79.9. The van der Waals surface area contributed by atoms with Gasteiger partial charge in [-0.3, -0.25) is 19.1 Å². The van der Waals surface area contributed by atoms with E-state index < -0.39 is 11.2 Å². The average Bonchev–Trinajstić information content (AvgIpc) is 2.71. The lowest BCUT2D eigenvalue weighted by Crippen LogP contribution is -2.41. The number of anilines is 2. The number of hydrogen-bond acceptors (Lipinski definition) is 6. The molecule has 30 heavy (non-hydrogen) atoms. The van der Waals surface area contributed by atoms with Crippen LogP contribution in [-0.4, -0.2) is 35.2 Å². The van der Waals surface area contributed by atoms with E-state index in [0.717, 1.165) is 12.8 Å². The standard InChI is InChI=1S/C20H25BrN4O5/c1-3-5-6-25-18(22)17(19(27)23-20(25)28)24(4-2)16(26)10-12-9-14-15(11-13(12)21)30-8-7-29-14/h9,11H,3-8,10,22H2,1-2H3,(H,23,27,28). The average molecular weight is 481 g/mol. The fourth-order valence-corrected chi connectivity index (χ4v) is 3.80. The number of ether oxygens (including phenoxy) is 2. The summed E-state index contributed by atoms with van der Waals surface area (Å²) in [7, 11) is 0. The molecule has 0 fully saturated rings. The molecule has 1 aliphatic rings. The van der Waals surface area contributed by atoms with Crippen LogP contribution in [-0.2, 0) is 17.8 Å². The zero-order valence-electron chi connectivity index (χ0n) is 17.0. The van der Waals surface area contributed by atoms with Gasteiger partial charge in [-0.1, -0.05) is 29.3 Å². The van der Waals surface area contributed by atoms with Crippen molar-refractivity contribution in [1.82, 2.24) is 9.55 Å². The van der Waals surface area contributed by atoms with Gasteiger partial charge in [-0.25, -0.2) is 4.79 Å². The maximum Gasteiger partial charge on any atom is 0.330 e. The van der Waals surface area contributed by atoms with Gasteiger partial charge >= 0.3 is 5.69 Å². The minimum Gasteiger partial charge on any atom is -0.486 e. The summed E-state index contributed by atoms with van der Waals surface area (Å²) < 4.78 is 13.1. The number of aromatic amines is 1. The molecule has 0 atom stereocenters. The second-order valence-electron chi connectivity index (χ2n) is 6.90. The number of H-pyrrole nitrogens is 1. The number of carbonyl (C=O) groups is 1. The van der Waals surface area contributed by atoms with Gasteiger partial charge in [0.25, 0.3) is 5.56 Å². The first-order valence-electron chi connectivity index (χ1n) is 9.88. The van der Waals surface area contributed by atoms with Crippen molar-refractivity contribution in [2.45, 2.75) is 39.7 Å². The topological polar surface area (TPSA) is 120 Å². The summed E-state index contributed by atoms with van der Waals surface area (Å²) in [4.78, 5) is 41.4. The van der Waals surface area contributed by atoms with E-state index in [4.69, 9.17) is 15.2 Å². The molecule has 2 aromatic rings. The number of nitrogens with zero attached hydrogens (tertiary/aromatic N) is 2. The number of nitrogen functional groups attached to an aromatic ring is 1. The van der Waals surface area contributed by atoms with Crippen LogP contribution in [0.3, 0.4) is 0 Å². The third-order valence-electron chi connectivity index (χ3n) is 4.89. The Hall–Kier alpha value is -2.75. The summed E-state index contributed by atoms with van der Waals surface area (Å²) in [6.07, 6.45) is 1.59. The molecule has 0 saturated heterocycles. The Morgan fingerprint density at radius 3 is 2.53 bits per heavy atom. The molecule has 1 aromatic heterocycles. The van der Waals surface area contributed by atoms with Crippen LogP contribution in [0, 0.1) is 0 Å². The number of aromatic nitrogens is 2. The maximum atomic E-state index is 13.1. The Morgan fingerprint density at radius 1 is 1.23 bits per heavy atom. The van der Waals surface area contributed by atoms with Gasteiger partial charge in [0, 0.05) is 17.6 Å². The third kappa shape index (κ3) is 4.38. The number of benzene rings is 1. The van der Waals surface area contributed by atoms with Gasteiger partial charge in [0.15, 0.2) is 17.2 Å². The van der Waals surface area contributed by atoms with Crippen molar-refractivity contribution in [2.75, 3.05) is 30.4 Å². The third-order valence-corrected chi connectivity index (χ3v) is 5.63. The summed E-state index contributed by atoms with van der Waals surface area (Å²) in [5.74, 6) is 0.850. The second kappa shape index (κ2) is 9.38. The molecular formula is C20H25BrN4O5. The molecule has 0 radical (unpaired) electrons. The number of carbonyl (C=O) groups excluding carboxylic acids is 1. The number of halogens is 1. The van der Waals surface area contributed by atoms with E-state index in [2.05, 4.69) is 20.9 Å². The number of amides is 1. The summed E-state index contributed by atoms with van der Waals surface area (Å²) >= 11 is 3.47. The second-order valence-corrected chi connectivity index (χ2v) is 7.75. The van der Waals surface area contributed by atoms with Gasteiger partial charge < -0.3 is 20.1 Å². The quantitative estimate of drug-likeness (QED) is 0.625. The van der Waals surface area contributed by atoms with Crippen LogP contribution >= 0.6 is 15.9 Å². The molecular weight excluding hydrogens is 456 g/mol. The van der Waals surface area contributed by atoms with Crippen molar-refractivity contribution in [2.24, 2.45) is 0 Å². The summed E-state index contributed by atoms with van der Waals surface area (Å²) in [6.45, 7) is 5.23. The first kappa shape index (κ1) is 21.9. The smallest absolute Gasteiger partial charge is 0.330 e. The number of likely N-dealkylation sites (N-methyl/N-ethyl adjacent to an activating group) is 1. The Kier molecular flexibility index (Phi) is 6.86. The van der Waals surface area contributed by atoms with Crippen molar-refractivity contribution < 1.29 is 14.3 Å². The first-order chi connectivity index (χ1) is 14.4. The number of unbranched alkanes of at least 4 members (excludes halogenated alkanes) is 1. The van der Waals surface area contributed by atoms with Gasteiger partial charge in [-0.05, 0) is 31.0 Å². The monoisotopic (exact) mass is 480 g/mol. The fraction of sp³-hybridized carbons (Fsp3) is 0.450. The summed E-state index contributed by atoms with van der Waals surface area (Å²) in [5, 5.41) is 0. The normalized spacial score (nSPS) is 12.6. The van der Waals surface area contributed by atoms with Gasteiger partial charge in [0.1, 0.15) is 19.0 Å². The fourth-order valence-electron chi connectivity index (χ4n) is 3.34. The molecule has 0 bridgehead atoms. The molecule has 9 nitrogen and oxygen atoms in total. The SMILES string of the molecule is CCCCn1c(N)c(N(CC)C(=O)Cc2cc3c(cc2Br)OCCO3)c(=O)[nH]c1=O. The Balaban J connectivity index is 1.94. The van der Waals surface area contributed by atoms with Gasteiger partial charge in [-0.2, -0.15) is 0 Å². The maximum absolute atomic E-state index is 13.1. The lowest BCUT2D eigenvalue weighted by molar-refractivity contribution is -0.118. The zero-order valence-corrected chi connectivity index (χ0v) is 18.6. The van der Waals surface area contributed by atoms with E-state index in [-0.39, 0.29) is 30.4 Å². The highest BCUT2D eigenvalue weighted by molar-refractivity contribution is 9.10. The van der Waals surface area contributed by atoms with Crippen LogP contribution in [0.15, 0.2) is 26.2 Å². The molecule has 0 saturated carbocycles. The Morgan fingerprint density at radius 2 is 1.90 bits per heavy atom. The summed E-state index contributed by atoms with van der Waals surface area (Å²) in [5.41, 5.74) is 5.59. The lowest BCUT2D eigenvalue weighted by Gasteiger charge is -2.24. The van der Waals surface area contributed by atoms with E-state index >= 15 is 0 Å². The van der Waals surface area contributed by atoms with Crippen molar-refractivity contribution >= 4 is 33.3 Å². The van der Waals surface area contributed by atoms with Crippen molar-refractivity contribution in [3.63, 3.8) is 0 Å². The van der Waals surface area contributed by atoms with E-state index in [9.17, 15) is 14.4 Å². The molecule has 2 heterocycles. The molecule has 10 heteroatoms. The van der Waals surface area contributed by atoms with Crippen molar-refractivity contribution in [1.29, 1.82) is 0 Å². The van der Waals surface area contributed by atoms with Crippen LogP contribution in [0.2, 0.25) is 0 Å². The molecule has 3 N–H and O–H groups in total. The van der Waals surface area contributed by atoms with Gasteiger partial charge in [0.05, 0.1) is 6.42 Å². The molecule has 1 amide bonds. The van der Waals surface area contributed by atoms with Crippen molar-refractivity contribution in [3.8, 4) is 11.5 Å². The Labute approximate surface area is 181 Å². The molecule has 0 unspecified atom stereocenters. The van der Waals surface area contributed by atoms with Crippen LogP contribution in [0.25, 0.3) is 0 Å². The van der Waals surface area contributed by atoms with Crippen molar-refractivity contribution in [3.05, 3.63) is 43.0 Å². The van der Waals surface area contributed by atoms with E-state index in [1.165, 1.54) is 9.47 Å². The molecule has 0 aliphatic carbocycles. The predicted octanol–water partition coefficient (Wildman–Crippen LogP) is 2.05.